The first kappa shape index (κ1) is 10.9. The van der Waals surface area contributed by atoms with E-state index in [1.807, 2.05) is 36.4 Å². The molecule has 0 atom stereocenters. The minimum atomic E-state index is -0.408. The van der Waals surface area contributed by atoms with Crippen molar-refractivity contribution in [3.05, 3.63) is 58.6 Å². The third-order valence-corrected chi connectivity index (χ3v) is 3.02. The van der Waals surface area contributed by atoms with Crippen LogP contribution >= 0.6 is 15.9 Å². The Kier molecular flexibility index (Phi) is 3.06. The molecule has 2 aromatic carbocycles. The SMILES string of the molecule is NC(=O)c1cccc(-c2ccccc2Br)c1. The van der Waals surface area contributed by atoms with Crippen LogP contribution in [0.5, 0.6) is 0 Å². The van der Waals surface area contributed by atoms with Gasteiger partial charge in [-0.15, -0.1) is 0 Å². The average Bonchev–Trinajstić information content (AvgIpc) is 2.30. The first-order valence-electron chi connectivity index (χ1n) is 4.83. The van der Waals surface area contributed by atoms with Crippen molar-refractivity contribution in [2.45, 2.75) is 0 Å². The van der Waals surface area contributed by atoms with Crippen molar-refractivity contribution < 1.29 is 4.79 Å². The Hall–Kier alpha value is -1.61. The second-order valence-corrected chi connectivity index (χ2v) is 4.28. The molecule has 0 radical (unpaired) electrons. The zero-order valence-electron chi connectivity index (χ0n) is 8.48. The molecule has 0 fully saturated rings. The highest BCUT2D eigenvalue weighted by atomic mass is 79.9. The number of carbonyl (C=O) groups is 1. The third-order valence-electron chi connectivity index (χ3n) is 2.33. The fourth-order valence-electron chi connectivity index (χ4n) is 1.54. The minimum Gasteiger partial charge on any atom is -0.366 e. The van der Waals surface area contributed by atoms with Crippen LogP contribution in [-0.4, -0.2) is 5.91 Å². The number of halogens is 1. The van der Waals surface area contributed by atoms with E-state index in [-0.39, 0.29) is 0 Å². The van der Waals surface area contributed by atoms with E-state index in [9.17, 15) is 4.79 Å². The number of nitrogens with two attached hydrogens (primary N) is 1. The maximum absolute atomic E-state index is 11.1. The molecular weight excluding hydrogens is 266 g/mol. The Bertz CT molecular complexity index is 537. The summed E-state index contributed by atoms with van der Waals surface area (Å²) in [5.41, 5.74) is 7.79. The van der Waals surface area contributed by atoms with Crippen LogP contribution in [-0.2, 0) is 0 Å². The second-order valence-electron chi connectivity index (χ2n) is 3.42. The van der Waals surface area contributed by atoms with Crippen LogP contribution in [0.1, 0.15) is 10.4 Å². The van der Waals surface area contributed by atoms with Gasteiger partial charge in [-0.3, -0.25) is 4.79 Å². The number of rotatable bonds is 2. The summed E-state index contributed by atoms with van der Waals surface area (Å²) in [4.78, 5) is 11.1. The van der Waals surface area contributed by atoms with Crippen molar-refractivity contribution in [2.24, 2.45) is 5.73 Å². The van der Waals surface area contributed by atoms with Crippen LogP contribution < -0.4 is 5.73 Å². The van der Waals surface area contributed by atoms with E-state index >= 15 is 0 Å². The topological polar surface area (TPSA) is 43.1 Å². The van der Waals surface area contributed by atoms with Crippen molar-refractivity contribution in [2.75, 3.05) is 0 Å². The van der Waals surface area contributed by atoms with Gasteiger partial charge < -0.3 is 5.73 Å². The molecule has 0 unspecified atom stereocenters. The Morgan fingerprint density at radius 3 is 2.50 bits per heavy atom. The monoisotopic (exact) mass is 275 g/mol. The van der Waals surface area contributed by atoms with E-state index in [2.05, 4.69) is 15.9 Å². The van der Waals surface area contributed by atoms with Crippen LogP contribution in [0.3, 0.4) is 0 Å². The van der Waals surface area contributed by atoms with Gasteiger partial charge in [-0.1, -0.05) is 46.3 Å². The zero-order valence-corrected chi connectivity index (χ0v) is 10.1. The molecule has 2 nitrogen and oxygen atoms in total. The maximum atomic E-state index is 11.1. The Labute approximate surface area is 102 Å². The summed E-state index contributed by atoms with van der Waals surface area (Å²) in [5, 5.41) is 0. The predicted molar refractivity (Wildman–Crippen MR) is 68.1 cm³/mol. The van der Waals surface area contributed by atoms with Gasteiger partial charge in [0.05, 0.1) is 0 Å². The molecule has 2 N–H and O–H groups in total. The van der Waals surface area contributed by atoms with Crippen LogP contribution in [0.4, 0.5) is 0 Å². The van der Waals surface area contributed by atoms with E-state index in [0.29, 0.717) is 5.56 Å². The molecule has 0 spiro atoms. The number of hydrogen-bond donors (Lipinski definition) is 1. The lowest BCUT2D eigenvalue weighted by molar-refractivity contribution is 0.100. The van der Waals surface area contributed by atoms with Gasteiger partial charge in [0, 0.05) is 10.0 Å². The highest BCUT2D eigenvalue weighted by molar-refractivity contribution is 9.10. The standard InChI is InChI=1S/C13H10BrNO/c14-12-7-2-1-6-11(12)9-4-3-5-10(8-9)13(15)16/h1-8H,(H2,15,16). The van der Waals surface area contributed by atoms with Crippen molar-refractivity contribution in [3.8, 4) is 11.1 Å². The molecule has 2 aromatic rings. The number of primary amides is 1. The van der Waals surface area contributed by atoms with Crippen LogP contribution in [0.2, 0.25) is 0 Å². The van der Waals surface area contributed by atoms with Crippen LogP contribution in [0.25, 0.3) is 11.1 Å². The number of benzene rings is 2. The molecule has 3 heteroatoms. The van der Waals surface area contributed by atoms with E-state index in [1.165, 1.54) is 0 Å². The van der Waals surface area contributed by atoms with Crippen molar-refractivity contribution in [3.63, 3.8) is 0 Å². The minimum absolute atomic E-state index is 0.408. The van der Waals surface area contributed by atoms with Gasteiger partial charge in [0.1, 0.15) is 0 Å². The third kappa shape index (κ3) is 2.14. The maximum Gasteiger partial charge on any atom is 0.248 e. The van der Waals surface area contributed by atoms with Gasteiger partial charge >= 0.3 is 0 Å². The molecule has 1 amide bonds. The molecule has 0 aliphatic carbocycles. The Morgan fingerprint density at radius 2 is 1.81 bits per heavy atom. The fourth-order valence-corrected chi connectivity index (χ4v) is 2.05. The summed E-state index contributed by atoms with van der Waals surface area (Å²) in [6, 6.07) is 15.1. The summed E-state index contributed by atoms with van der Waals surface area (Å²) in [6.07, 6.45) is 0. The largest absolute Gasteiger partial charge is 0.366 e. The summed E-state index contributed by atoms with van der Waals surface area (Å²) >= 11 is 3.48. The molecule has 16 heavy (non-hydrogen) atoms. The zero-order chi connectivity index (χ0) is 11.5. The summed E-state index contributed by atoms with van der Waals surface area (Å²) in [6.45, 7) is 0. The van der Waals surface area contributed by atoms with Gasteiger partial charge in [0.25, 0.3) is 0 Å². The van der Waals surface area contributed by atoms with Crippen LogP contribution in [0, 0.1) is 0 Å². The van der Waals surface area contributed by atoms with Gasteiger partial charge in [0.2, 0.25) is 5.91 Å². The fraction of sp³-hybridized carbons (Fsp3) is 0. The first-order valence-corrected chi connectivity index (χ1v) is 5.62. The molecule has 0 saturated heterocycles. The second kappa shape index (κ2) is 4.49. The lowest BCUT2D eigenvalue weighted by Gasteiger charge is -2.05. The summed E-state index contributed by atoms with van der Waals surface area (Å²) in [7, 11) is 0. The van der Waals surface area contributed by atoms with Crippen LogP contribution in [0.15, 0.2) is 53.0 Å². The van der Waals surface area contributed by atoms with E-state index < -0.39 is 5.91 Å². The Morgan fingerprint density at radius 1 is 1.06 bits per heavy atom. The summed E-state index contributed by atoms with van der Waals surface area (Å²) < 4.78 is 0.997. The lowest BCUT2D eigenvalue weighted by atomic mass is 10.0. The van der Waals surface area contributed by atoms with Crippen molar-refractivity contribution in [1.29, 1.82) is 0 Å². The van der Waals surface area contributed by atoms with E-state index in [0.717, 1.165) is 15.6 Å². The average molecular weight is 276 g/mol. The van der Waals surface area contributed by atoms with E-state index in [1.54, 1.807) is 12.1 Å². The number of hydrogen-bond acceptors (Lipinski definition) is 1. The highest BCUT2D eigenvalue weighted by Crippen LogP contribution is 2.28. The molecule has 2 rings (SSSR count). The van der Waals surface area contributed by atoms with Gasteiger partial charge in [0.15, 0.2) is 0 Å². The van der Waals surface area contributed by atoms with Crippen molar-refractivity contribution in [1.82, 2.24) is 0 Å². The smallest absolute Gasteiger partial charge is 0.248 e. The molecule has 80 valence electrons. The lowest BCUT2D eigenvalue weighted by Crippen LogP contribution is -2.10. The number of amides is 1. The molecule has 0 bridgehead atoms. The normalized spacial score (nSPS) is 10.1. The molecule has 0 aromatic heterocycles. The van der Waals surface area contributed by atoms with Crippen molar-refractivity contribution >= 4 is 21.8 Å². The molecule has 0 aliphatic rings. The van der Waals surface area contributed by atoms with Gasteiger partial charge in [-0.2, -0.15) is 0 Å². The quantitative estimate of drug-likeness (QED) is 0.899. The van der Waals surface area contributed by atoms with Gasteiger partial charge in [-0.05, 0) is 29.3 Å². The molecule has 0 aliphatic heterocycles. The molecule has 0 saturated carbocycles. The highest BCUT2D eigenvalue weighted by Gasteiger charge is 2.05. The molecule has 0 heterocycles. The van der Waals surface area contributed by atoms with Gasteiger partial charge in [-0.25, -0.2) is 0 Å². The Balaban J connectivity index is 2.53. The summed E-state index contributed by atoms with van der Waals surface area (Å²) in [5.74, 6) is -0.408. The van der Waals surface area contributed by atoms with E-state index in [4.69, 9.17) is 5.73 Å². The number of carbonyl (C=O) groups excluding carboxylic acids is 1. The first-order chi connectivity index (χ1) is 7.68. The predicted octanol–water partition coefficient (Wildman–Crippen LogP) is 3.22. The molecular formula is C13H10BrNO.